The molecule has 0 aromatic carbocycles. The highest BCUT2D eigenvalue weighted by Gasteiger charge is 2.46. The first-order valence-corrected chi connectivity index (χ1v) is 6.93. The summed E-state index contributed by atoms with van der Waals surface area (Å²) in [5.74, 6) is 0.894. The minimum Gasteiger partial charge on any atom is -0.329 e. The lowest BCUT2D eigenvalue weighted by atomic mass is 9.68. The molecule has 2 aliphatic carbocycles. The SMILES string of the molecule is CC1CC(CN)(N2CCN(C3CC3)CC2)C1. The zero-order valence-corrected chi connectivity index (χ0v) is 10.5. The number of rotatable bonds is 3. The first-order valence-electron chi connectivity index (χ1n) is 6.93. The quantitative estimate of drug-likeness (QED) is 0.771. The number of hydrogen-bond acceptors (Lipinski definition) is 3. The van der Waals surface area contributed by atoms with Crippen LogP contribution < -0.4 is 5.73 Å². The van der Waals surface area contributed by atoms with Crippen LogP contribution in [-0.4, -0.2) is 54.1 Å². The average molecular weight is 223 g/mol. The summed E-state index contributed by atoms with van der Waals surface area (Å²) < 4.78 is 0. The molecule has 0 unspecified atom stereocenters. The molecule has 1 aliphatic heterocycles. The van der Waals surface area contributed by atoms with Crippen LogP contribution in [0.5, 0.6) is 0 Å². The van der Waals surface area contributed by atoms with Crippen LogP contribution in [0.2, 0.25) is 0 Å². The Bertz CT molecular complexity index is 248. The van der Waals surface area contributed by atoms with Crippen LogP contribution >= 0.6 is 0 Å². The van der Waals surface area contributed by atoms with E-state index in [0.29, 0.717) is 5.54 Å². The van der Waals surface area contributed by atoms with E-state index in [1.807, 2.05) is 0 Å². The highest BCUT2D eigenvalue weighted by molar-refractivity contribution is 5.03. The Morgan fingerprint density at radius 2 is 1.75 bits per heavy atom. The standard InChI is InChI=1S/C13H25N3/c1-11-8-13(9-11,10-14)16-6-4-15(5-7-16)12-2-3-12/h11-12H,2-10,14H2,1H3. The van der Waals surface area contributed by atoms with Gasteiger partial charge in [0.1, 0.15) is 0 Å². The first-order chi connectivity index (χ1) is 7.73. The highest BCUT2D eigenvalue weighted by Crippen LogP contribution is 2.42. The largest absolute Gasteiger partial charge is 0.329 e. The van der Waals surface area contributed by atoms with Crippen LogP contribution in [-0.2, 0) is 0 Å². The minimum absolute atomic E-state index is 0.384. The lowest BCUT2D eigenvalue weighted by molar-refractivity contribution is -0.0408. The lowest BCUT2D eigenvalue weighted by Gasteiger charge is -2.55. The third-order valence-corrected chi connectivity index (χ3v) is 4.89. The van der Waals surface area contributed by atoms with E-state index in [0.717, 1.165) is 18.5 Å². The maximum atomic E-state index is 6.01. The molecule has 3 aliphatic rings. The Labute approximate surface area is 99.0 Å². The molecule has 0 atom stereocenters. The number of piperazine rings is 1. The van der Waals surface area contributed by atoms with Crippen molar-refractivity contribution >= 4 is 0 Å². The first kappa shape index (κ1) is 11.0. The van der Waals surface area contributed by atoms with E-state index in [-0.39, 0.29) is 0 Å². The summed E-state index contributed by atoms with van der Waals surface area (Å²) in [5, 5.41) is 0. The fraction of sp³-hybridized carbons (Fsp3) is 1.00. The van der Waals surface area contributed by atoms with Gasteiger partial charge in [0.15, 0.2) is 0 Å². The minimum atomic E-state index is 0.384. The molecular formula is C13H25N3. The summed E-state index contributed by atoms with van der Waals surface area (Å²) in [6.45, 7) is 8.28. The van der Waals surface area contributed by atoms with Crippen molar-refractivity contribution in [3.05, 3.63) is 0 Å². The van der Waals surface area contributed by atoms with Gasteiger partial charge >= 0.3 is 0 Å². The Morgan fingerprint density at radius 3 is 2.19 bits per heavy atom. The Hall–Kier alpha value is -0.120. The Balaban J connectivity index is 1.56. The van der Waals surface area contributed by atoms with Gasteiger partial charge in [-0.1, -0.05) is 6.92 Å². The Kier molecular flexibility index (Phi) is 2.73. The smallest absolute Gasteiger partial charge is 0.0337 e. The number of hydrogen-bond donors (Lipinski definition) is 1. The molecule has 1 heterocycles. The van der Waals surface area contributed by atoms with Gasteiger partial charge in [-0.3, -0.25) is 9.80 Å². The van der Waals surface area contributed by atoms with Crippen molar-refractivity contribution in [1.29, 1.82) is 0 Å². The second-order valence-electron chi connectivity index (χ2n) is 6.20. The van der Waals surface area contributed by atoms with E-state index < -0.39 is 0 Å². The topological polar surface area (TPSA) is 32.5 Å². The fourth-order valence-electron chi connectivity index (χ4n) is 3.79. The molecule has 3 heteroatoms. The maximum Gasteiger partial charge on any atom is 0.0337 e. The Morgan fingerprint density at radius 1 is 1.12 bits per heavy atom. The molecule has 0 spiro atoms. The fourth-order valence-corrected chi connectivity index (χ4v) is 3.79. The molecule has 92 valence electrons. The van der Waals surface area contributed by atoms with Gasteiger partial charge in [-0.25, -0.2) is 0 Å². The van der Waals surface area contributed by atoms with Gasteiger partial charge in [0.05, 0.1) is 0 Å². The molecule has 16 heavy (non-hydrogen) atoms. The summed E-state index contributed by atoms with van der Waals surface area (Å²) in [6, 6.07) is 0.941. The van der Waals surface area contributed by atoms with Crippen molar-refractivity contribution in [3.63, 3.8) is 0 Å². The molecule has 0 aromatic heterocycles. The van der Waals surface area contributed by atoms with Crippen molar-refractivity contribution in [2.75, 3.05) is 32.7 Å². The molecule has 3 fully saturated rings. The van der Waals surface area contributed by atoms with E-state index in [9.17, 15) is 0 Å². The van der Waals surface area contributed by atoms with Crippen molar-refractivity contribution in [1.82, 2.24) is 9.80 Å². The predicted octanol–water partition coefficient (Wildman–Crippen LogP) is 0.894. The van der Waals surface area contributed by atoms with E-state index in [4.69, 9.17) is 5.73 Å². The zero-order valence-electron chi connectivity index (χ0n) is 10.5. The van der Waals surface area contributed by atoms with Crippen LogP contribution in [0.1, 0.15) is 32.6 Å². The van der Waals surface area contributed by atoms with Gasteiger partial charge in [0.2, 0.25) is 0 Å². The lowest BCUT2D eigenvalue weighted by Crippen LogP contribution is -2.65. The molecule has 2 saturated carbocycles. The van der Waals surface area contributed by atoms with Crippen molar-refractivity contribution in [3.8, 4) is 0 Å². The van der Waals surface area contributed by atoms with E-state index >= 15 is 0 Å². The van der Waals surface area contributed by atoms with Gasteiger partial charge in [-0.05, 0) is 31.6 Å². The highest BCUT2D eigenvalue weighted by atomic mass is 15.3. The third-order valence-electron chi connectivity index (χ3n) is 4.89. The molecule has 3 rings (SSSR count). The van der Waals surface area contributed by atoms with Gasteiger partial charge in [-0.2, -0.15) is 0 Å². The van der Waals surface area contributed by atoms with Crippen molar-refractivity contribution in [2.24, 2.45) is 11.7 Å². The van der Waals surface area contributed by atoms with E-state index in [1.54, 1.807) is 0 Å². The summed E-state index contributed by atoms with van der Waals surface area (Å²) >= 11 is 0. The van der Waals surface area contributed by atoms with Crippen molar-refractivity contribution < 1.29 is 0 Å². The maximum absolute atomic E-state index is 6.01. The van der Waals surface area contributed by atoms with Crippen LogP contribution in [0.25, 0.3) is 0 Å². The van der Waals surface area contributed by atoms with Crippen LogP contribution in [0.4, 0.5) is 0 Å². The van der Waals surface area contributed by atoms with Gasteiger partial charge in [-0.15, -0.1) is 0 Å². The molecule has 0 amide bonds. The molecule has 2 N–H and O–H groups in total. The third kappa shape index (κ3) is 1.79. The second kappa shape index (κ2) is 3.97. The van der Waals surface area contributed by atoms with Gasteiger partial charge in [0, 0.05) is 44.3 Å². The van der Waals surface area contributed by atoms with Gasteiger partial charge in [0.25, 0.3) is 0 Å². The summed E-state index contributed by atoms with van der Waals surface area (Å²) in [6.07, 6.45) is 5.54. The van der Waals surface area contributed by atoms with E-state index in [1.165, 1.54) is 51.9 Å². The molecule has 1 saturated heterocycles. The van der Waals surface area contributed by atoms with E-state index in [2.05, 4.69) is 16.7 Å². The van der Waals surface area contributed by atoms with Crippen LogP contribution in [0, 0.1) is 5.92 Å². The number of nitrogens with zero attached hydrogens (tertiary/aromatic N) is 2. The van der Waals surface area contributed by atoms with Gasteiger partial charge < -0.3 is 5.73 Å². The molecule has 0 radical (unpaired) electrons. The molecular weight excluding hydrogens is 198 g/mol. The summed E-state index contributed by atoms with van der Waals surface area (Å²) in [7, 11) is 0. The second-order valence-corrected chi connectivity index (χ2v) is 6.20. The number of nitrogens with two attached hydrogens (primary N) is 1. The predicted molar refractivity (Wildman–Crippen MR) is 66.4 cm³/mol. The van der Waals surface area contributed by atoms with Crippen LogP contribution in [0.15, 0.2) is 0 Å². The monoisotopic (exact) mass is 223 g/mol. The van der Waals surface area contributed by atoms with Crippen molar-refractivity contribution in [2.45, 2.75) is 44.2 Å². The molecule has 0 bridgehead atoms. The summed E-state index contributed by atoms with van der Waals surface area (Å²) in [5.41, 5.74) is 6.40. The molecule has 0 aromatic rings. The summed E-state index contributed by atoms with van der Waals surface area (Å²) in [4.78, 5) is 5.37. The molecule has 3 nitrogen and oxygen atoms in total. The van der Waals surface area contributed by atoms with Crippen LogP contribution in [0.3, 0.4) is 0 Å². The normalized spacial score (nSPS) is 42.0. The zero-order chi connectivity index (χ0) is 11.2. The average Bonchev–Trinajstić information content (AvgIpc) is 3.09.